The van der Waals surface area contributed by atoms with Crippen LogP contribution >= 0.6 is 0 Å². The molecule has 0 aliphatic heterocycles. The van der Waals surface area contributed by atoms with Crippen LogP contribution in [-0.2, 0) is 17.8 Å². The van der Waals surface area contributed by atoms with Crippen molar-refractivity contribution in [2.45, 2.75) is 19.4 Å². The molecular formula is C19H18N2O2. The third-order valence-corrected chi connectivity index (χ3v) is 3.53. The number of furan rings is 1. The van der Waals surface area contributed by atoms with E-state index in [0.717, 1.165) is 22.6 Å². The van der Waals surface area contributed by atoms with Gasteiger partial charge in [-0.3, -0.25) is 9.78 Å². The first kappa shape index (κ1) is 15.0. The smallest absolute Gasteiger partial charge is 0.220 e. The van der Waals surface area contributed by atoms with Gasteiger partial charge in [-0.25, -0.2) is 0 Å². The van der Waals surface area contributed by atoms with Gasteiger partial charge in [0.15, 0.2) is 0 Å². The van der Waals surface area contributed by atoms with Gasteiger partial charge in [0.05, 0.1) is 0 Å². The highest BCUT2D eigenvalue weighted by Gasteiger charge is 2.07. The maximum absolute atomic E-state index is 11.9. The highest BCUT2D eigenvalue weighted by Crippen LogP contribution is 2.22. The molecular weight excluding hydrogens is 288 g/mol. The zero-order valence-electron chi connectivity index (χ0n) is 12.7. The first-order chi connectivity index (χ1) is 11.3. The highest BCUT2D eigenvalue weighted by molar-refractivity contribution is 5.76. The number of pyridine rings is 1. The van der Waals surface area contributed by atoms with Crippen molar-refractivity contribution in [2.24, 2.45) is 0 Å². The van der Waals surface area contributed by atoms with Gasteiger partial charge in [-0.05, 0) is 23.8 Å². The fourth-order valence-electron chi connectivity index (χ4n) is 2.30. The van der Waals surface area contributed by atoms with Crippen LogP contribution in [0, 0.1) is 0 Å². The van der Waals surface area contributed by atoms with Crippen LogP contribution in [0.25, 0.3) is 11.3 Å². The highest BCUT2D eigenvalue weighted by atomic mass is 16.3. The molecule has 0 spiro atoms. The maximum Gasteiger partial charge on any atom is 0.220 e. The van der Waals surface area contributed by atoms with Gasteiger partial charge >= 0.3 is 0 Å². The minimum Gasteiger partial charge on any atom is -0.461 e. The van der Waals surface area contributed by atoms with Crippen molar-refractivity contribution < 1.29 is 9.21 Å². The number of aromatic nitrogens is 1. The Morgan fingerprint density at radius 1 is 1.04 bits per heavy atom. The molecule has 0 unspecified atom stereocenters. The lowest BCUT2D eigenvalue weighted by Gasteiger charge is -2.04. The number of carbonyl (C=O) groups is 1. The fourth-order valence-corrected chi connectivity index (χ4v) is 2.30. The van der Waals surface area contributed by atoms with Gasteiger partial charge in [-0.1, -0.05) is 36.4 Å². The van der Waals surface area contributed by atoms with Crippen LogP contribution in [-0.4, -0.2) is 10.9 Å². The minimum atomic E-state index is 0.00603. The van der Waals surface area contributed by atoms with Crippen molar-refractivity contribution in [3.63, 3.8) is 0 Å². The molecule has 0 saturated carbocycles. The average molecular weight is 306 g/mol. The zero-order valence-corrected chi connectivity index (χ0v) is 12.7. The number of hydrogen-bond acceptors (Lipinski definition) is 3. The Balaban J connectivity index is 1.49. The summed E-state index contributed by atoms with van der Waals surface area (Å²) >= 11 is 0. The predicted octanol–water partition coefficient (Wildman–Crippen LogP) is 3.59. The Morgan fingerprint density at radius 3 is 2.70 bits per heavy atom. The Bertz CT molecular complexity index is 751. The molecule has 4 nitrogen and oxygen atoms in total. The number of amides is 1. The van der Waals surface area contributed by atoms with Crippen molar-refractivity contribution in [1.82, 2.24) is 10.3 Å². The molecule has 0 aliphatic carbocycles. The van der Waals surface area contributed by atoms with Crippen LogP contribution < -0.4 is 5.32 Å². The first-order valence-electron chi connectivity index (χ1n) is 7.61. The van der Waals surface area contributed by atoms with Gasteiger partial charge in [-0.15, -0.1) is 0 Å². The summed E-state index contributed by atoms with van der Waals surface area (Å²) in [5.74, 6) is 1.66. The monoisotopic (exact) mass is 306 g/mol. The lowest BCUT2D eigenvalue weighted by molar-refractivity contribution is -0.121. The molecule has 0 radical (unpaired) electrons. The molecule has 116 valence electrons. The second-order valence-electron chi connectivity index (χ2n) is 5.27. The largest absolute Gasteiger partial charge is 0.461 e. The van der Waals surface area contributed by atoms with Crippen molar-refractivity contribution in [1.29, 1.82) is 0 Å². The molecule has 23 heavy (non-hydrogen) atoms. The van der Waals surface area contributed by atoms with Crippen molar-refractivity contribution in [2.75, 3.05) is 0 Å². The summed E-state index contributed by atoms with van der Waals surface area (Å²) in [5, 5.41) is 2.89. The summed E-state index contributed by atoms with van der Waals surface area (Å²) in [6.45, 7) is 0.500. The molecule has 0 fully saturated rings. The summed E-state index contributed by atoms with van der Waals surface area (Å²) in [4.78, 5) is 15.9. The number of benzene rings is 1. The quantitative estimate of drug-likeness (QED) is 0.757. The lowest BCUT2D eigenvalue weighted by Crippen LogP contribution is -2.22. The van der Waals surface area contributed by atoms with Gasteiger partial charge in [0.25, 0.3) is 0 Å². The van der Waals surface area contributed by atoms with E-state index in [-0.39, 0.29) is 5.91 Å². The van der Waals surface area contributed by atoms with Crippen molar-refractivity contribution in [3.8, 4) is 11.3 Å². The van der Waals surface area contributed by atoms with Gasteiger partial charge in [0.1, 0.15) is 11.5 Å². The van der Waals surface area contributed by atoms with E-state index in [4.69, 9.17) is 4.42 Å². The Hall–Kier alpha value is -2.88. The van der Waals surface area contributed by atoms with E-state index < -0.39 is 0 Å². The van der Waals surface area contributed by atoms with E-state index in [1.807, 2.05) is 54.6 Å². The number of hydrogen-bond donors (Lipinski definition) is 1. The van der Waals surface area contributed by atoms with E-state index in [0.29, 0.717) is 19.4 Å². The second-order valence-corrected chi connectivity index (χ2v) is 5.27. The molecule has 0 atom stereocenters. The Kier molecular flexibility index (Phi) is 4.84. The normalized spacial score (nSPS) is 10.4. The van der Waals surface area contributed by atoms with Crippen LogP contribution in [0.2, 0.25) is 0 Å². The van der Waals surface area contributed by atoms with E-state index in [9.17, 15) is 4.79 Å². The number of nitrogens with one attached hydrogen (secondary N) is 1. The molecule has 0 aliphatic rings. The standard InChI is InChI=1S/C19H18N2O2/c22-19(21-14-15-5-4-12-20-13-15)11-9-17-8-10-18(23-17)16-6-2-1-3-7-16/h1-8,10,12-13H,9,11,14H2,(H,21,22). The predicted molar refractivity (Wildman–Crippen MR) is 88.5 cm³/mol. The molecule has 0 saturated heterocycles. The molecule has 2 heterocycles. The molecule has 3 aromatic rings. The molecule has 1 N–H and O–H groups in total. The molecule has 2 aromatic heterocycles. The van der Waals surface area contributed by atoms with E-state index in [1.165, 1.54) is 0 Å². The minimum absolute atomic E-state index is 0.00603. The van der Waals surface area contributed by atoms with Crippen LogP contribution in [0.3, 0.4) is 0 Å². The topological polar surface area (TPSA) is 55.1 Å². The zero-order chi connectivity index (χ0) is 15.9. The number of aryl methyl sites for hydroxylation is 1. The second kappa shape index (κ2) is 7.40. The summed E-state index contributed by atoms with van der Waals surface area (Å²) in [5.41, 5.74) is 2.03. The van der Waals surface area contributed by atoms with E-state index >= 15 is 0 Å². The number of carbonyl (C=O) groups excluding carboxylic acids is 1. The van der Waals surface area contributed by atoms with E-state index in [1.54, 1.807) is 12.4 Å². The number of nitrogens with zero attached hydrogens (tertiary/aromatic N) is 1. The van der Waals surface area contributed by atoms with E-state index in [2.05, 4.69) is 10.3 Å². The average Bonchev–Trinajstić information content (AvgIpc) is 3.09. The summed E-state index contributed by atoms with van der Waals surface area (Å²) in [7, 11) is 0. The first-order valence-corrected chi connectivity index (χ1v) is 7.61. The van der Waals surface area contributed by atoms with Crippen LogP contribution in [0.1, 0.15) is 17.7 Å². The molecule has 3 rings (SSSR count). The molecule has 4 heteroatoms. The van der Waals surface area contributed by atoms with Crippen LogP contribution in [0.15, 0.2) is 71.4 Å². The van der Waals surface area contributed by atoms with Gasteiger partial charge in [0, 0.05) is 37.3 Å². The molecule has 0 bridgehead atoms. The lowest BCUT2D eigenvalue weighted by atomic mass is 10.2. The fraction of sp³-hybridized carbons (Fsp3) is 0.158. The third kappa shape index (κ3) is 4.30. The van der Waals surface area contributed by atoms with Crippen molar-refractivity contribution in [3.05, 3.63) is 78.3 Å². The van der Waals surface area contributed by atoms with Gasteiger partial charge in [0.2, 0.25) is 5.91 Å². The van der Waals surface area contributed by atoms with Crippen LogP contribution in [0.4, 0.5) is 0 Å². The van der Waals surface area contributed by atoms with Gasteiger partial charge < -0.3 is 9.73 Å². The van der Waals surface area contributed by atoms with Crippen LogP contribution in [0.5, 0.6) is 0 Å². The summed E-state index contributed by atoms with van der Waals surface area (Å²) in [6, 6.07) is 17.6. The third-order valence-electron chi connectivity index (χ3n) is 3.53. The van der Waals surface area contributed by atoms with Gasteiger partial charge in [-0.2, -0.15) is 0 Å². The molecule has 1 amide bonds. The molecule has 1 aromatic carbocycles. The summed E-state index contributed by atoms with van der Waals surface area (Å²) < 4.78 is 5.79. The Labute approximate surface area is 135 Å². The number of rotatable bonds is 6. The Morgan fingerprint density at radius 2 is 1.91 bits per heavy atom. The van der Waals surface area contributed by atoms with Crippen molar-refractivity contribution >= 4 is 5.91 Å². The SMILES string of the molecule is O=C(CCc1ccc(-c2ccccc2)o1)NCc1cccnc1. The maximum atomic E-state index is 11.9. The summed E-state index contributed by atoms with van der Waals surface area (Å²) in [6.07, 6.45) is 4.46.